The molecule has 0 atom stereocenters. The van der Waals surface area contributed by atoms with Gasteiger partial charge >= 0.3 is 5.97 Å². The Morgan fingerprint density at radius 1 is 1.53 bits per heavy atom. The molecule has 0 aromatic heterocycles. The van der Waals surface area contributed by atoms with Crippen molar-refractivity contribution in [1.82, 2.24) is 0 Å². The molecule has 19 heavy (non-hydrogen) atoms. The number of halogens is 2. The fraction of sp³-hybridized carbons (Fsp3) is 0.182. The van der Waals surface area contributed by atoms with E-state index >= 15 is 0 Å². The van der Waals surface area contributed by atoms with E-state index in [1.165, 1.54) is 0 Å². The molecule has 0 aliphatic carbocycles. The molecule has 102 valence electrons. The summed E-state index contributed by atoms with van der Waals surface area (Å²) in [7, 11) is 0. The average Bonchev–Trinajstić information content (AvgIpc) is 2.36. The number of hydrogen-bond donors (Lipinski definition) is 2. The van der Waals surface area contributed by atoms with Gasteiger partial charge < -0.3 is 9.94 Å². The van der Waals surface area contributed by atoms with Crippen molar-refractivity contribution in [2.75, 3.05) is 12.0 Å². The molecule has 0 heterocycles. The molecule has 1 rings (SSSR count). The molecule has 0 bridgehead atoms. The number of rotatable bonds is 5. The summed E-state index contributed by atoms with van der Waals surface area (Å²) < 4.78 is 30.6. The molecule has 6 nitrogen and oxygen atoms in total. The van der Waals surface area contributed by atoms with Crippen LogP contribution in [0.25, 0.3) is 0 Å². The Morgan fingerprint density at radius 3 is 2.84 bits per heavy atom. The monoisotopic (exact) mass is 271 g/mol. The third kappa shape index (κ3) is 4.34. The number of carbonyl (C=O) groups is 1. The largest absolute Gasteiger partial charge is 0.461 e. The lowest BCUT2D eigenvalue weighted by atomic mass is 10.3. The van der Waals surface area contributed by atoms with E-state index < -0.39 is 17.6 Å². The van der Waals surface area contributed by atoms with Gasteiger partial charge in [-0.25, -0.2) is 13.6 Å². The maximum absolute atomic E-state index is 13.3. The van der Waals surface area contributed by atoms with E-state index in [0.717, 1.165) is 18.3 Å². The Kier molecular flexibility index (Phi) is 5.39. The van der Waals surface area contributed by atoms with Crippen molar-refractivity contribution in [3.05, 3.63) is 29.8 Å². The summed E-state index contributed by atoms with van der Waals surface area (Å²) in [6.45, 7) is 1.68. The van der Waals surface area contributed by atoms with Crippen LogP contribution >= 0.6 is 0 Å². The number of hydrazone groups is 1. The van der Waals surface area contributed by atoms with E-state index in [1.54, 1.807) is 6.92 Å². The Balaban J connectivity index is 2.88. The Hall–Kier alpha value is -2.51. The maximum Gasteiger partial charge on any atom is 0.360 e. The molecule has 0 amide bonds. The highest BCUT2D eigenvalue weighted by Crippen LogP contribution is 2.14. The van der Waals surface area contributed by atoms with Crippen LogP contribution in [0.4, 0.5) is 14.5 Å². The van der Waals surface area contributed by atoms with E-state index in [2.05, 4.69) is 20.4 Å². The minimum atomic E-state index is -0.882. The molecule has 0 spiro atoms. The number of nitrogens with zero attached hydrogens (tertiary/aromatic N) is 2. The van der Waals surface area contributed by atoms with Crippen LogP contribution in [0, 0.1) is 11.6 Å². The number of benzene rings is 1. The van der Waals surface area contributed by atoms with Gasteiger partial charge in [-0.2, -0.15) is 5.10 Å². The van der Waals surface area contributed by atoms with Gasteiger partial charge in [-0.1, -0.05) is 5.16 Å². The molecule has 2 N–H and O–H groups in total. The standard InChI is InChI=1S/C11H11F2N3O3/c1-2-19-11(17)10(6-14-18)16-15-9-4-3-7(12)5-8(9)13/h3-6,15,18H,2H2,1H3/b14-6+,16-10+. The van der Waals surface area contributed by atoms with Gasteiger partial charge in [-0.05, 0) is 19.1 Å². The molecule has 0 unspecified atom stereocenters. The van der Waals surface area contributed by atoms with Gasteiger partial charge in [-0.15, -0.1) is 0 Å². The van der Waals surface area contributed by atoms with Crippen LogP contribution in [0.3, 0.4) is 0 Å². The minimum Gasteiger partial charge on any atom is -0.461 e. The van der Waals surface area contributed by atoms with E-state index in [1.807, 2.05) is 0 Å². The first-order valence-corrected chi connectivity index (χ1v) is 5.21. The number of hydrogen-bond acceptors (Lipinski definition) is 6. The molecule has 0 saturated carbocycles. The molecule has 8 heteroatoms. The molecule has 0 saturated heterocycles. The van der Waals surface area contributed by atoms with Crippen LogP contribution in [0.1, 0.15) is 6.92 Å². The quantitative estimate of drug-likeness (QED) is 0.370. The van der Waals surface area contributed by atoms with Gasteiger partial charge in [0.1, 0.15) is 12.0 Å². The van der Waals surface area contributed by atoms with Gasteiger partial charge in [0.15, 0.2) is 11.5 Å². The number of anilines is 1. The van der Waals surface area contributed by atoms with Crippen molar-refractivity contribution in [1.29, 1.82) is 0 Å². The second-order valence-corrected chi connectivity index (χ2v) is 3.20. The van der Waals surface area contributed by atoms with Crippen LogP contribution in [0.5, 0.6) is 0 Å². The first-order chi connectivity index (χ1) is 9.08. The second kappa shape index (κ2) is 7.04. The average molecular weight is 271 g/mol. The summed E-state index contributed by atoms with van der Waals surface area (Å²) in [4.78, 5) is 11.3. The summed E-state index contributed by atoms with van der Waals surface area (Å²) in [6.07, 6.45) is 0.729. The third-order valence-electron chi connectivity index (χ3n) is 1.89. The number of ether oxygens (including phenoxy) is 1. The SMILES string of the molecule is CCOC(=O)C(/C=N/O)=N/Nc1ccc(F)cc1F. The lowest BCUT2D eigenvalue weighted by molar-refractivity contribution is -0.134. The van der Waals surface area contributed by atoms with Crippen LogP contribution in [-0.4, -0.2) is 29.7 Å². The van der Waals surface area contributed by atoms with E-state index in [4.69, 9.17) is 5.21 Å². The number of carbonyl (C=O) groups excluding carboxylic acids is 1. The lowest BCUT2D eigenvalue weighted by Crippen LogP contribution is -2.20. The highest BCUT2D eigenvalue weighted by Gasteiger charge is 2.11. The highest BCUT2D eigenvalue weighted by molar-refractivity contribution is 6.59. The molecular weight excluding hydrogens is 260 g/mol. The number of esters is 1. The van der Waals surface area contributed by atoms with Crippen molar-refractivity contribution < 1.29 is 23.5 Å². The molecule has 1 aromatic carbocycles. The lowest BCUT2D eigenvalue weighted by Gasteiger charge is -2.04. The van der Waals surface area contributed by atoms with Gasteiger partial charge in [-0.3, -0.25) is 5.43 Å². The summed E-state index contributed by atoms with van der Waals surface area (Å²) in [5.41, 5.74) is 1.70. The van der Waals surface area contributed by atoms with Gasteiger partial charge in [0.25, 0.3) is 0 Å². The van der Waals surface area contributed by atoms with Crippen molar-refractivity contribution in [3.63, 3.8) is 0 Å². The summed E-state index contributed by atoms with van der Waals surface area (Å²) in [6, 6.07) is 2.78. The van der Waals surface area contributed by atoms with Gasteiger partial charge in [0.2, 0.25) is 0 Å². The Bertz CT molecular complexity index is 518. The highest BCUT2D eigenvalue weighted by atomic mass is 19.1. The van der Waals surface area contributed by atoms with Crippen LogP contribution in [0.2, 0.25) is 0 Å². The predicted octanol–water partition coefficient (Wildman–Crippen LogP) is 1.76. The minimum absolute atomic E-state index is 0.0992. The number of nitrogens with one attached hydrogen (secondary N) is 1. The fourth-order valence-corrected chi connectivity index (χ4v) is 1.09. The predicted molar refractivity (Wildman–Crippen MR) is 64.3 cm³/mol. The van der Waals surface area contributed by atoms with Crippen molar-refractivity contribution in [2.45, 2.75) is 6.92 Å². The summed E-state index contributed by atoms with van der Waals surface area (Å²) in [5.74, 6) is -2.47. The Labute approximate surface area is 107 Å². The summed E-state index contributed by atoms with van der Waals surface area (Å²) in [5, 5.41) is 14.5. The normalized spacial score (nSPS) is 11.6. The smallest absolute Gasteiger partial charge is 0.360 e. The van der Waals surface area contributed by atoms with Gasteiger partial charge in [0, 0.05) is 6.07 Å². The first-order valence-electron chi connectivity index (χ1n) is 5.21. The summed E-state index contributed by atoms with van der Waals surface area (Å²) >= 11 is 0. The van der Waals surface area contributed by atoms with E-state index in [9.17, 15) is 13.6 Å². The zero-order valence-corrected chi connectivity index (χ0v) is 9.93. The number of oxime groups is 1. The van der Waals surface area contributed by atoms with Crippen LogP contribution in [0.15, 0.2) is 28.5 Å². The maximum atomic E-state index is 13.3. The van der Waals surface area contributed by atoms with E-state index in [0.29, 0.717) is 6.07 Å². The third-order valence-corrected chi connectivity index (χ3v) is 1.89. The van der Waals surface area contributed by atoms with Crippen molar-refractivity contribution >= 4 is 23.6 Å². The Morgan fingerprint density at radius 2 is 2.26 bits per heavy atom. The zero-order chi connectivity index (χ0) is 14.3. The van der Waals surface area contributed by atoms with Crippen molar-refractivity contribution in [3.8, 4) is 0 Å². The molecular formula is C11H11F2N3O3. The topological polar surface area (TPSA) is 83.3 Å². The zero-order valence-electron chi connectivity index (χ0n) is 9.93. The van der Waals surface area contributed by atoms with Crippen LogP contribution in [-0.2, 0) is 9.53 Å². The molecule has 0 radical (unpaired) electrons. The van der Waals surface area contributed by atoms with Crippen LogP contribution < -0.4 is 5.43 Å². The van der Waals surface area contributed by atoms with Gasteiger partial charge in [0.05, 0.1) is 12.3 Å². The molecule has 0 aliphatic rings. The fourth-order valence-electron chi connectivity index (χ4n) is 1.09. The molecule has 1 aromatic rings. The second-order valence-electron chi connectivity index (χ2n) is 3.20. The first kappa shape index (κ1) is 14.6. The van der Waals surface area contributed by atoms with E-state index in [-0.39, 0.29) is 18.0 Å². The molecule has 0 fully saturated rings. The van der Waals surface area contributed by atoms with Crippen molar-refractivity contribution in [2.24, 2.45) is 10.3 Å². The molecule has 0 aliphatic heterocycles.